The van der Waals surface area contributed by atoms with Gasteiger partial charge in [-0.3, -0.25) is 13.9 Å². The zero-order chi connectivity index (χ0) is 21.1. The van der Waals surface area contributed by atoms with Gasteiger partial charge in [0.2, 0.25) is 0 Å². The molecule has 0 saturated heterocycles. The molecule has 0 amide bonds. The number of nitrogens with one attached hydrogen (secondary N) is 1. The van der Waals surface area contributed by atoms with Crippen LogP contribution in [-0.4, -0.2) is 17.8 Å². The minimum absolute atomic E-state index is 0.0176. The van der Waals surface area contributed by atoms with Crippen molar-refractivity contribution in [3.8, 4) is 5.75 Å². The lowest BCUT2D eigenvalue weighted by molar-refractivity contribution is 0.303. The van der Waals surface area contributed by atoms with Gasteiger partial charge >= 0.3 is 0 Å². The molecule has 0 aliphatic rings. The Morgan fingerprint density at radius 1 is 1.00 bits per heavy atom. The number of para-hydroxylation sites is 2. The van der Waals surface area contributed by atoms with Crippen molar-refractivity contribution in [3.05, 3.63) is 101 Å². The molecule has 30 heavy (non-hydrogen) atoms. The van der Waals surface area contributed by atoms with Crippen molar-refractivity contribution in [2.24, 2.45) is 0 Å². The highest BCUT2D eigenvalue weighted by Gasteiger charge is 2.16. The molecule has 0 fully saturated rings. The minimum atomic E-state index is -3.76. The molecule has 4 rings (SSSR count). The van der Waals surface area contributed by atoms with Crippen molar-refractivity contribution in [3.63, 3.8) is 0 Å². The molecule has 2 heterocycles. The van der Waals surface area contributed by atoms with E-state index in [-0.39, 0.29) is 17.1 Å². The van der Waals surface area contributed by atoms with Crippen LogP contribution in [0.15, 0.2) is 88.7 Å². The van der Waals surface area contributed by atoms with Gasteiger partial charge in [-0.15, -0.1) is 0 Å². The quantitative estimate of drug-likeness (QED) is 0.515. The molecular formula is C22H19N3O4S. The Hall–Kier alpha value is -3.65. The summed E-state index contributed by atoms with van der Waals surface area (Å²) < 4.78 is 35.1. The van der Waals surface area contributed by atoms with Gasteiger partial charge in [-0.2, -0.15) is 0 Å². The Kier molecular flexibility index (Phi) is 5.24. The second-order valence-electron chi connectivity index (χ2n) is 6.72. The lowest BCUT2D eigenvalue weighted by Gasteiger charge is -2.13. The number of hydrogen-bond acceptors (Lipinski definition) is 5. The number of benzene rings is 2. The fourth-order valence-electron chi connectivity index (χ4n) is 2.96. The zero-order valence-electron chi connectivity index (χ0n) is 16.1. The number of sulfonamides is 1. The monoisotopic (exact) mass is 421 g/mol. The molecule has 0 bridgehead atoms. The Morgan fingerprint density at radius 3 is 2.53 bits per heavy atom. The van der Waals surface area contributed by atoms with Crippen molar-refractivity contribution in [1.29, 1.82) is 0 Å². The van der Waals surface area contributed by atoms with E-state index in [0.29, 0.717) is 22.8 Å². The van der Waals surface area contributed by atoms with Gasteiger partial charge in [0, 0.05) is 12.3 Å². The third-order valence-electron chi connectivity index (χ3n) is 4.44. The van der Waals surface area contributed by atoms with Crippen molar-refractivity contribution in [1.82, 2.24) is 9.38 Å². The normalized spacial score (nSPS) is 11.4. The summed E-state index contributed by atoms with van der Waals surface area (Å²) in [6.45, 7) is 1.94. The summed E-state index contributed by atoms with van der Waals surface area (Å²) in [4.78, 5) is 16.9. The lowest BCUT2D eigenvalue weighted by Crippen LogP contribution is -2.17. The highest BCUT2D eigenvalue weighted by molar-refractivity contribution is 7.92. The van der Waals surface area contributed by atoms with Gasteiger partial charge in [0.25, 0.3) is 15.6 Å². The van der Waals surface area contributed by atoms with Crippen LogP contribution < -0.4 is 15.0 Å². The van der Waals surface area contributed by atoms with Crippen LogP contribution in [0.3, 0.4) is 0 Å². The summed E-state index contributed by atoms with van der Waals surface area (Å²) in [5.41, 5.74) is 2.05. The van der Waals surface area contributed by atoms with E-state index in [1.807, 2.05) is 19.1 Å². The molecule has 0 aliphatic carbocycles. The maximum Gasteiger partial charge on any atom is 0.262 e. The smallest absolute Gasteiger partial charge is 0.262 e. The number of anilines is 1. The van der Waals surface area contributed by atoms with Gasteiger partial charge in [0.1, 0.15) is 18.0 Å². The van der Waals surface area contributed by atoms with Crippen LogP contribution in [0.4, 0.5) is 5.69 Å². The fourth-order valence-corrected chi connectivity index (χ4v) is 4.05. The molecule has 4 aromatic rings. The van der Waals surface area contributed by atoms with Crippen LogP contribution in [0.25, 0.3) is 5.65 Å². The third-order valence-corrected chi connectivity index (χ3v) is 5.82. The molecule has 0 radical (unpaired) electrons. The first-order chi connectivity index (χ1) is 14.4. The number of aryl methyl sites for hydroxylation is 1. The summed E-state index contributed by atoms with van der Waals surface area (Å²) in [5, 5.41) is 0. The molecule has 0 spiro atoms. The first-order valence-corrected chi connectivity index (χ1v) is 10.7. The van der Waals surface area contributed by atoms with E-state index >= 15 is 0 Å². The molecule has 0 atom stereocenters. The average molecular weight is 421 g/mol. The van der Waals surface area contributed by atoms with Crippen LogP contribution in [0, 0.1) is 6.92 Å². The third kappa shape index (κ3) is 4.18. The highest BCUT2D eigenvalue weighted by atomic mass is 32.2. The standard InChI is InChI=1S/C22H19N3O4S/c1-16-11-12-25-21(13-16)23-17(14-22(25)26)15-29-20-10-6-5-9-19(20)24-30(27,28)18-7-3-2-4-8-18/h2-14,24H,15H2,1H3. The maximum atomic E-state index is 12.6. The number of pyridine rings is 1. The molecule has 2 aromatic carbocycles. The zero-order valence-corrected chi connectivity index (χ0v) is 17.0. The van der Waals surface area contributed by atoms with Crippen molar-refractivity contribution in [2.45, 2.75) is 18.4 Å². The molecule has 8 heteroatoms. The van der Waals surface area contributed by atoms with Crippen molar-refractivity contribution < 1.29 is 13.2 Å². The highest BCUT2D eigenvalue weighted by Crippen LogP contribution is 2.27. The summed E-state index contributed by atoms with van der Waals surface area (Å²) in [6.07, 6.45) is 1.68. The van der Waals surface area contributed by atoms with Crippen LogP contribution in [0.2, 0.25) is 0 Å². The predicted molar refractivity (Wildman–Crippen MR) is 114 cm³/mol. The van der Waals surface area contributed by atoms with Crippen molar-refractivity contribution >= 4 is 21.4 Å². The van der Waals surface area contributed by atoms with Crippen molar-refractivity contribution in [2.75, 3.05) is 4.72 Å². The first-order valence-electron chi connectivity index (χ1n) is 9.21. The van der Waals surface area contributed by atoms with Crippen LogP contribution in [-0.2, 0) is 16.6 Å². The number of ether oxygens (including phenoxy) is 1. The minimum Gasteiger partial charge on any atom is -0.485 e. The van der Waals surface area contributed by atoms with E-state index in [1.165, 1.54) is 22.6 Å². The van der Waals surface area contributed by atoms with Gasteiger partial charge < -0.3 is 4.74 Å². The largest absolute Gasteiger partial charge is 0.485 e. The van der Waals surface area contributed by atoms with E-state index in [1.54, 1.807) is 48.7 Å². The fraction of sp³-hybridized carbons (Fsp3) is 0.0909. The van der Waals surface area contributed by atoms with E-state index < -0.39 is 10.0 Å². The Balaban J connectivity index is 1.58. The van der Waals surface area contributed by atoms with E-state index in [9.17, 15) is 13.2 Å². The average Bonchev–Trinajstić information content (AvgIpc) is 2.73. The Labute approximate surface area is 173 Å². The van der Waals surface area contributed by atoms with Gasteiger partial charge in [-0.05, 0) is 48.9 Å². The van der Waals surface area contributed by atoms with E-state index in [0.717, 1.165) is 5.56 Å². The second kappa shape index (κ2) is 8.00. The molecule has 7 nitrogen and oxygen atoms in total. The number of rotatable bonds is 6. The van der Waals surface area contributed by atoms with Crippen LogP contribution >= 0.6 is 0 Å². The number of aromatic nitrogens is 2. The van der Waals surface area contributed by atoms with E-state index in [4.69, 9.17) is 4.74 Å². The molecule has 0 aliphatic heterocycles. The Bertz CT molecular complexity index is 1370. The summed E-state index contributed by atoms with van der Waals surface area (Å²) >= 11 is 0. The number of hydrogen-bond donors (Lipinski definition) is 1. The molecule has 2 aromatic heterocycles. The summed E-state index contributed by atoms with van der Waals surface area (Å²) in [6, 6.07) is 19.8. The topological polar surface area (TPSA) is 89.8 Å². The molecular weight excluding hydrogens is 402 g/mol. The molecule has 0 saturated carbocycles. The molecule has 1 N–H and O–H groups in total. The second-order valence-corrected chi connectivity index (χ2v) is 8.40. The van der Waals surface area contributed by atoms with Gasteiger partial charge in [0.15, 0.2) is 0 Å². The lowest BCUT2D eigenvalue weighted by atomic mass is 10.3. The molecule has 0 unspecified atom stereocenters. The van der Waals surface area contributed by atoms with Gasteiger partial charge in [-0.25, -0.2) is 13.4 Å². The van der Waals surface area contributed by atoms with Crippen LogP contribution in [0.5, 0.6) is 5.75 Å². The van der Waals surface area contributed by atoms with Crippen LogP contribution in [0.1, 0.15) is 11.3 Å². The SMILES string of the molecule is Cc1ccn2c(=O)cc(COc3ccccc3NS(=O)(=O)c3ccccc3)nc2c1. The summed E-state index contributed by atoms with van der Waals surface area (Å²) in [7, 11) is -3.76. The first kappa shape index (κ1) is 19.7. The number of fused-ring (bicyclic) bond motifs is 1. The van der Waals surface area contributed by atoms with Gasteiger partial charge in [0.05, 0.1) is 16.3 Å². The van der Waals surface area contributed by atoms with E-state index in [2.05, 4.69) is 9.71 Å². The maximum absolute atomic E-state index is 12.6. The molecule has 152 valence electrons. The Morgan fingerprint density at radius 2 is 1.73 bits per heavy atom. The predicted octanol–water partition coefficient (Wildman–Crippen LogP) is 3.38. The number of nitrogens with zero attached hydrogens (tertiary/aromatic N) is 2. The summed E-state index contributed by atoms with van der Waals surface area (Å²) in [5.74, 6) is 0.336. The van der Waals surface area contributed by atoms with Gasteiger partial charge in [-0.1, -0.05) is 30.3 Å².